The molecule has 0 radical (unpaired) electrons. The molecule has 1 atom stereocenters. The van der Waals surface area contributed by atoms with E-state index in [2.05, 4.69) is 5.32 Å². The van der Waals surface area contributed by atoms with Gasteiger partial charge < -0.3 is 15.0 Å². The zero-order valence-corrected chi connectivity index (χ0v) is 14.1. The summed E-state index contributed by atoms with van der Waals surface area (Å²) in [6.07, 6.45) is 0.795. The van der Waals surface area contributed by atoms with Crippen molar-refractivity contribution in [3.63, 3.8) is 0 Å². The lowest BCUT2D eigenvalue weighted by Crippen LogP contribution is -2.56. The Bertz CT molecular complexity index is 673. The van der Waals surface area contributed by atoms with Gasteiger partial charge in [-0.05, 0) is 23.4 Å². The van der Waals surface area contributed by atoms with Gasteiger partial charge in [0.25, 0.3) is 0 Å². The van der Waals surface area contributed by atoms with Crippen molar-refractivity contribution in [1.82, 2.24) is 10.2 Å². The number of carbonyl (C=O) groups excluding carboxylic acids is 2. The van der Waals surface area contributed by atoms with Crippen molar-refractivity contribution in [3.8, 4) is 0 Å². The molecule has 0 bridgehead atoms. The molecule has 6 heteroatoms. The Balaban J connectivity index is 1.60. The molecule has 2 heterocycles. The molecule has 5 nitrogen and oxygen atoms in total. The van der Waals surface area contributed by atoms with Crippen molar-refractivity contribution in [3.05, 3.63) is 58.3 Å². The zero-order valence-electron chi connectivity index (χ0n) is 13.3. The van der Waals surface area contributed by atoms with Crippen LogP contribution in [0.15, 0.2) is 47.8 Å². The average molecular weight is 344 g/mol. The Morgan fingerprint density at radius 2 is 2.08 bits per heavy atom. The summed E-state index contributed by atoms with van der Waals surface area (Å²) in [6, 6.07) is 13.2. The molecular formula is C18H20N2O3S. The summed E-state index contributed by atoms with van der Waals surface area (Å²) in [4.78, 5) is 27.5. The Labute approximate surface area is 145 Å². The highest BCUT2D eigenvalue weighted by Crippen LogP contribution is 2.14. The third-order valence-electron chi connectivity index (χ3n) is 3.95. The summed E-state index contributed by atoms with van der Waals surface area (Å²) in [5.74, 6) is -0.306. The Morgan fingerprint density at radius 3 is 2.83 bits per heavy atom. The van der Waals surface area contributed by atoms with Crippen LogP contribution in [0.1, 0.15) is 10.4 Å². The normalized spacial score (nSPS) is 17.8. The number of thiophene rings is 1. The highest BCUT2D eigenvalue weighted by atomic mass is 32.1. The van der Waals surface area contributed by atoms with Crippen molar-refractivity contribution < 1.29 is 14.3 Å². The van der Waals surface area contributed by atoms with Crippen molar-refractivity contribution in [2.45, 2.75) is 19.0 Å². The Kier molecular flexibility index (Phi) is 5.61. The van der Waals surface area contributed by atoms with Crippen LogP contribution in [0.25, 0.3) is 0 Å². The van der Waals surface area contributed by atoms with Crippen LogP contribution in [0.3, 0.4) is 0 Å². The van der Waals surface area contributed by atoms with Crippen LogP contribution in [0, 0.1) is 0 Å². The minimum atomic E-state index is -0.574. The molecular weight excluding hydrogens is 324 g/mol. The molecule has 1 aromatic carbocycles. The molecule has 1 saturated heterocycles. The van der Waals surface area contributed by atoms with E-state index in [1.807, 2.05) is 47.8 Å². The number of hydrogen-bond donors (Lipinski definition) is 1. The largest absolute Gasteiger partial charge is 0.369 e. The maximum atomic E-state index is 12.5. The number of carbonyl (C=O) groups is 2. The second kappa shape index (κ2) is 8.08. The number of hydrogen-bond acceptors (Lipinski definition) is 4. The van der Waals surface area contributed by atoms with E-state index in [9.17, 15) is 9.59 Å². The average Bonchev–Trinajstić information content (AvgIpc) is 3.11. The standard InChI is InChI=1S/C18H20N2O3S/c21-17-13-23-12-16(20(17)11-14-5-2-1-3-6-14)18(22)19-9-8-15-7-4-10-24-15/h1-7,10,16H,8-9,11-13H2,(H,19,22). The van der Waals surface area contributed by atoms with Crippen molar-refractivity contribution in [2.24, 2.45) is 0 Å². The second-order valence-electron chi connectivity index (χ2n) is 5.66. The van der Waals surface area contributed by atoms with Gasteiger partial charge in [0.1, 0.15) is 12.6 Å². The number of rotatable bonds is 6. The molecule has 0 spiro atoms. The minimum absolute atomic E-state index is 0.0335. The maximum absolute atomic E-state index is 12.5. The van der Waals surface area contributed by atoms with Crippen molar-refractivity contribution in [1.29, 1.82) is 0 Å². The first-order valence-electron chi connectivity index (χ1n) is 7.95. The molecule has 2 amide bonds. The quantitative estimate of drug-likeness (QED) is 0.870. The van der Waals surface area contributed by atoms with Gasteiger partial charge in [-0.3, -0.25) is 9.59 Å². The molecule has 3 rings (SSSR count). The van der Waals surface area contributed by atoms with Gasteiger partial charge in [0.2, 0.25) is 11.8 Å². The van der Waals surface area contributed by atoms with E-state index >= 15 is 0 Å². The number of ether oxygens (including phenoxy) is 1. The van der Waals surface area contributed by atoms with Crippen LogP contribution in [-0.4, -0.2) is 42.5 Å². The Morgan fingerprint density at radius 1 is 1.25 bits per heavy atom. The fourth-order valence-electron chi connectivity index (χ4n) is 2.68. The summed E-state index contributed by atoms with van der Waals surface area (Å²) in [5.41, 5.74) is 1.00. The van der Waals surface area contributed by atoms with Gasteiger partial charge in [-0.1, -0.05) is 36.4 Å². The number of morpholine rings is 1. The number of nitrogens with zero attached hydrogens (tertiary/aromatic N) is 1. The molecule has 1 unspecified atom stereocenters. The van der Waals surface area contributed by atoms with Gasteiger partial charge in [0.05, 0.1) is 6.61 Å². The molecule has 1 aliphatic heterocycles. The second-order valence-corrected chi connectivity index (χ2v) is 6.69. The van der Waals surface area contributed by atoms with Crippen LogP contribution < -0.4 is 5.32 Å². The topological polar surface area (TPSA) is 58.6 Å². The van der Waals surface area contributed by atoms with Crippen molar-refractivity contribution >= 4 is 23.2 Å². The van der Waals surface area contributed by atoms with Gasteiger partial charge in [0, 0.05) is 18.0 Å². The first kappa shape index (κ1) is 16.7. The lowest BCUT2D eigenvalue weighted by molar-refractivity contribution is -0.155. The van der Waals surface area contributed by atoms with Gasteiger partial charge >= 0.3 is 0 Å². The summed E-state index contributed by atoms with van der Waals surface area (Å²) in [6.45, 7) is 1.25. The summed E-state index contributed by atoms with van der Waals surface area (Å²) in [5, 5.41) is 4.94. The van der Waals surface area contributed by atoms with Crippen LogP contribution in [-0.2, 0) is 27.3 Å². The predicted molar refractivity (Wildman–Crippen MR) is 92.6 cm³/mol. The first-order chi connectivity index (χ1) is 11.7. The molecule has 24 heavy (non-hydrogen) atoms. The molecule has 2 aromatic rings. The van der Waals surface area contributed by atoms with Crippen LogP contribution >= 0.6 is 11.3 Å². The van der Waals surface area contributed by atoms with E-state index in [1.165, 1.54) is 4.88 Å². The maximum Gasteiger partial charge on any atom is 0.249 e. The summed E-state index contributed by atoms with van der Waals surface area (Å²) < 4.78 is 5.29. The predicted octanol–water partition coefficient (Wildman–Crippen LogP) is 1.83. The highest BCUT2D eigenvalue weighted by molar-refractivity contribution is 7.09. The third kappa shape index (κ3) is 4.21. The van der Waals surface area contributed by atoms with Gasteiger partial charge in [-0.25, -0.2) is 0 Å². The van der Waals surface area contributed by atoms with E-state index in [0.717, 1.165) is 12.0 Å². The molecule has 0 aliphatic carbocycles. The molecule has 1 fully saturated rings. The molecule has 1 aromatic heterocycles. The fourth-order valence-corrected chi connectivity index (χ4v) is 3.39. The lowest BCUT2D eigenvalue weighted by Gasteiger charge is -2.34. The summed E-state index contributed by atoms with van der Waals surface area (Å²) >= 11 is 1.67. The molecule has 1 N–H and O–H groups in total. The first-order valence-corrected chi connectivity index (χ1v) is 8.83. The minimum Gasteiger partial charge on any atom is -0.369 e. The SMILES string of the molecule is O=C(NCCc1cccs1)C1COCC(=O)N1Cc1ccccc1. The van der Waals surface area contributed by atoms with Gasteiger partial charge in [-0.2, -0.15) is 0 Å². The van der Waals surface area contributed by atoms with E-state index in [4.69, 9.17) is 4.74 Å². The van der Waals surface area contributed by atoms with Crippen LogP contribution in [0.4, 0.5) is 0 Å². The summed E-state index contributed by atoms with van der Waals surface area (Å²) in [7, 11) is 0. The fraction of sp³-hybridized carbons (Fsp3) is 0.333. The Hall–Kier alpha value is -2.18. The van der Waals surface area contributed by atoms with E-state index < -0.39 is 6.04 Å². The number of amides is 2. The van der Waals surface area contributed by atoms with Crippen LogP contribution in [0.5, 0.6) is 0 Å². The number of nitrogens with one attached hydrogen (secondary N) is 1. The van der Waals surface area contributed by atoms with Gasteiger partial charge in [0.15, 0.2) is 0 Å². The van der Waals surface area contributed by atoms with E-state index in [1.54, 1.807) is 16.2 Å². The third-order valence-corrected chi connectivity index (χ3v) is 4.88. The van der Waals surface area contributed by atoms with Crippen molar-refractivity contribution in [2.75, 3.05) is 19.8 Å². The molecule has 1 aliphatic rings. The highest BCUT2D eigenvalue weighted by Gasteiger charge is 2.33. The monoisotopic (exact) mass is 344 g/mol. The molecule has 0 saturated carbocycles. The van der Waals surface area contributed by atoms with E-state index in [-0.39, 0.29) is 25.0 Å². The van der Waals surface area contributed by atoms with Gasteiger partial charge in [-0.15, -0.1) is 11.3 Å². The van der Waals surface area contributed by atoms with Crippen LogP contribution in [0.2, 0.25) is 0 Å². The lowest BCUT2D eigenvalue weighted by atomic mass is 10.1. The number of benzene rings is 1. The smallest absolute Gasteiger partial charge is 0.249 e. The van der Waals surface area contributed by atoms with E-state index in [0.29, 0.717) is 13.1 Å². The zero-order chi connectivity index (χ0) is 16.8. The molecule has 126 valence electrons.